The molecule has 1 atom stereocenters. The fourth-order valence-electron chi connectivity index (χ4n) is 3.10. The first-order chi connectivity index (χ1) is 9.71. The molecule has 0 spiro atoms. The van der Waals surface area contributed by atoms with Crippen LogP contribution in [0, 0.1) is 0 Å². The predicted molar refractivity (Wildman–Crippen MR) is 84.9 cm³/mol. The van der Waals surface area contributed by atoms with E-state index in [0.717, 1.165) is 45.3 Å². The van der Waals surface area contributed by atoms with Crippen LogP contribution in [0.25, 0.3) is 0 Å². The lowest BCUT2D eigenvalue weighted by atomic mass is 9.86. The van der Waals surface area contributed by atoms with Crippen LogP contribution in [-0.4, -0.2) is 18.2 Å². The van der Waals surface area contributed by atoms with Crippen LogP contribution in [0.1, 0.15) is 57.6 Å². The van der Waals surface area contributed by atoms with E-state index in [1.54, 1.807) is 0 Å². The first-order valence-corrected chi connectivity index (χ1v) is 8.16. The molecule has 0 amide bonds. The zero-order valence-electron chi connectivity index (χ0n) is 13.2. The summed E-state index contributed by atoms with van der Waals surface area (Å²) < 4.78 is 6.04. The Morgan fingerprint density at radius 2 is 1.75 bits per heavy atom. The number of benzene rings is 1. The largest absolute Gasteiger partial charge is 0.375 e. The monoisotopic (exact) mass is 275 g/mol. The molecule has 2 heteroatoms. The van der Waals surface area contributed by atoms with E-state index >= 15 is 0 Å². The fourth-order valence-corrected chi connectivity index (χ4v) is 3.10. The predicted octanol–water partition coefficient (Wildman–Crippen LogP) is 4.08. The molecule has 0 aromatic heterocycles. The van der Waals surface area contributed by atoms with Crippen LogP contribution in [0.15, 0.2) is 24.3 Å². The van der Waals surface area contributed by atoms with Crippen molar-refractivity contribution in [3.63, 3.8) is 0 Å². The van der Waals surface area contributed by atoms with Gasteiger partial charge in [0.25, 0.3) is 0 Å². The highest BCUT2D eigenvalue weighted by atomic mass is 16.5. The second-order valence-electron chi connectivity index (χ2n) is 5.98. The van der Waals surface area contributed by atoms with Gasteiger partial charge in [-0.25, -0.2) is 0 Å². The smallest absolute Gasteiger partial charge is 0.0692 e. The highest BCUT2D eigenvalue weighted by molar-refractivity contribution is 5.22. The maximum Gasteiger partial charge on any atom is 0.0692 e. The first kappa shape index (κ1) is 15.5. The SMILES string of the molecule is CCc1ccc(CNC2CCOC(CC)(CC)C2)cc1. The van der Waals surface area contributed by atoms with Gasteiger partial charge >= 0.3 is 0 Å². The van der Waals surface area contributed by atoms with Crippen LogP contribution >= 0.6 is 0 Å². The van der Waals surface area contributed by atoms with Crippen molar-refractivity contribution in [3.05, 3.63) is 35.4 Å². The third-order valence-corrected chi connectivity index (χ3v) is 4.81. The quantitative estimate of drug-likeness (QED) is 0.844. The molecule has 2 rings (SSSR count). The molecule has 112 valence electrons. The van der Waals surface area contributed by atoms with E-state index < -0.39 is 0 Å². The minimum atomic E-state index is 0.113. The molecule has 1 aliphatic heterocycles. The van der Waals surface area contributed by atoms with E-state index in [4.69, 9.17) is 4.74 Å². The lowest BCUT2D eigenvalue weighted by Gasteiger charge is -2.40. The van der Waals surface area contributed by atoms with Gasteiger partial charge in [-0.2, -0.15) is 0 Å². The Hall–Kier alpha value is -0.860. The van der Waals surface area contributed by atoms with Crippen LogP contribution in [0.2, 0.25) is 0 Å². The summed E-state index contributed by atoms with van der Waals surface area (Å²) in [6.07, 6.45) is 5.63. The molecule has 1 N–H and O–H groups in total. The number of ether oxygens (including phenoxy) is 1. The summed E-state index contributed by atoms with van der Waals surface area (Å²) >= 11 is 0. The maximum atomic E-state index is 6.04. The summed E-state index contributed by atoms with van der Waals surface area (Å²) in [6.45, 7) is 8.56. The van der Waals surface area contributed by atoms with Gasteiger partial charge in [0.2, 0.25) is 0 Å². The molecule has 1 aliphatic rings. The van der Waals surface area contributed by atoms with Gasteiger partial charge in [-0.05, 0) is 43.2 Å². The molecule has 1 heterocycles. The van der Waals surface area contributed by atoms with Crippen molar-refractivity contribution in [3.8, 4) is 0 Å². The van der Waals surface area contributed by atoms with Crippen LogP contribution in [0.5, 0.6) is 0 Å². The Morgan fingerprint density at radius 1 is 1.10 bits per heavy atom. The Labute approximate surface area is 123 Å². The standard InChI is InChI=1S/C18H29NO/c1-4-15-7-9-16(10-8-15)14-19-17-11-12-20-18(5-2,6-3)13-17/h7-10,17,19H,4-6,11-14H2,1-3H3. The Bertz CT molecular complexity index is 394. The molecule has 1 aromatic rings. The van der Waals surface area contributed by atoms with Crippen molar-refractivity contribution in [2.75, 3.05) is 6.61 Å². The fraction of sp³-hybridized carbons (Fsp3) is 0.667. The minimum absolute atomic E-state index is 0.113. The third-order valence-electron chi connectivity index (χ3n) is 4.81. The van der Waals surface area contributed by atoms with Crippen LogP contribution in [0.3, 0.4) is 0 Å². The summed E-state index contributed by atoms with van der Waals surface area (Å²) in [5.41, 5.74) is 2.91. The molecule has 1 saturated heterocycles. The molecule has 20 heavy (non-hydrogen) atoms. The molecule has 2 nitrogen and oxygen atoms in total. The summed E-state index contributed by atoms with van der Waals surface area (Å²) in [5.74, 6) is 0. The Balaban J connectivity index is 1.86. The lowest BCUT2D eigenvalue weighted by molar-refractivity contribution is -0.0932. The zero-order valence-corrected chi connectivity index (χ0v) is 13.2. The van der Waals surface area contributed by atoms with Crippen molar-refractivity contribution >= 4 is 0 Å². The van der Waals surface area contributed by atoms with E-state index in [0.29, 0.717) is 6.04 Å². The van der Waals surface area contributed by atoms with Gasteiger partial charge in [0.05, 0.1) is 5.60 Å². The van der Waals surface area contributed by atoms with Gasteiger partial charge < -0.3 is 10.1 Å². The maximum absolute atomic E-state index is 6.04. The van der Waals surface area contributed by atoms with Crippen molar-refractivity contribution in [1.29, 1.82) is 0 Å². The zero-order chi connectivity index (χ0) is 14.4. The van der Waals surface area contributed by atoms with Crippen molar-refractivity contribution in [2.24, 2.45) is 0 Å². The van der Waals surface area contributed by atoms with Gasteiger partial charge in [0.15, 0.2) is 0 Å². The molecular weight excluding hydrogens is 246 g/mol. The summed E-state index contributed by atoms with van der Waals surface area (Å²) in [6, 6.07) is 9.57. The van der Waals surface area contributed by atoms with E-state index in [9.17, 15) is 0 Å². The van der Waals surface area contributed by atoms with E-state index in [2.05, 4.69) is 50.4 Å². The Morgan fingerprint density at radius 3 is 2.35 bits per heavy atom. The normalized spacial score (nSPS) is 21.9. The second-order valence-corrected chi connectivity index (χ2v) is 5.98. The summed E-state index contributed by atoms with van der Waals surface area (Å²) in [5, 5.41) is 3.72. The second kappa shape index (κ2) is 7.24. The first-order valence-electron chi connectivity index (χ1n) is 8.16. The van der Waals surface area contributed by atoms with Crippen LogP contribution in [-0.2, 0) is 17.7 Å². The highest BCUT2D eigenvalue weighted by Crippen LogP contribution is 2.31. The average molecular weight is 275 g/mol. The molecule has 0 saturated carbocycles. The molecular formula is C18H29NO. The van der Waals surface area contributed by atoms with Gasteiger partial charge in [-0.15, -0.1) is 0 Å². The van der Waals surface area contributed by atoms with E-state index in [1.165, 1.54) is 11.1 Å². The lowest BCUT2D eigenvalue weighted by Crippen LogP contribution is -2.46. The number of hydrogen-bond acceptors (Lipinski definition) is 2. The minimum Gasteiger partial charge on any atom is -0.375 e. The van der Waals surface area contributed by atoms with E-state index in [-0.39, 0.29) is 5.60 Å². The molecule has 1 fully saturated rings. The molecule has 0 bridgehead atoms. The summed E-state index contributed by atoms with van der Waals surface area (Å²) in [4.78, 5) is 0. The van der Waals surface area contributed by atoms with Gasteiger partial charge in [0, 0.05) is 19.2 Å². The van der Waals surface area contributed by atoms with Crippen LogP contribution in [0.4, 0.5) is 0 Å². The summed E-state index contributed by atoms with van der Waals surface area (Å²) in [7, 11) is 0. The van der Waals surface area contributed by atoms with Gasteiger partial charge in [-0.3, -0.25) is 0 Å². The van der Waals surface area contributed by atoms with E-state index in [1.807, 2.05) is 0 Å². The third kappa shape index (κ3) is 3.83. The number of nitrogens with one attached hydrogen (secondary N) is 1. The van der Waals surface area contributed by atoms with Crippen molar-refractivity contribution < 1.29 is 4.74 Å². The molecule has 0 aliphatic carbocycles. The molecule has 1 unspecified atom stereocenters. The topological polar surface area (TPSA) is 21.3 Å². The highest BCUT2D eigenvalue weighted by Gasteiger charge is 2.34. The molecule has 1 aromatic carbocycles. The van der Waals surface area contributed by atoms with Crippen molar-refractivity contribution in [1.82, 2.24) is 5.32 Å². The van der Waals surface area contributed by atoms with Crippen molar-refractivity contribution in [2.45, 2.75) is 71.1 Å². The Kier molecular flexibility index (Phi) is 5.62. The number of hydrogen-bond donors (Lipinski definition) is 1. The average Bonchev–Trinajstić information content (AvgIpc) is 2.53. The van der Waals surface area contributed by atoms with Gasteiger partial charge in [0.1, 0.15) is 0 Å². The van der Waals surface area contributed by atoms with Crippen LogP contribution < -0.4 is 5.32 Å². The number of rotatable bonds is 6. The van der Waals surface area contributed by atoms with Gasteiger partial charge in [-0.1, -0.05) is 45.0 Å². The number of aryl methyl sites for hydroxylation is 1. The molecule has 0 radical (unpaired) electrons.